The molecule has 1 aromatic carbocycles. The van der Waals surface area contributed by atoms with Crippen LogP contribution in [0.3, 0.4) is 0 Å². The highest BCUT2D eigenvalue weighted by Crippen LogP contribution is 2.28. The Balaban J connectivity index is 0.00000225. The zero-order chi connectivity index (χ0) is 17.2. The molecule has 8 heteroatoms. The second-order valence-corrected chi connectivity index (χ2v) is 6.49. The van der Waals surface area contributed by atoms with Gasteiger partial charge in [-0.1, -0.05) is 6.07 Å². The van der Waals surface area contributed by atoms with Gasteiger partial charge in [-0.25, -0.2) is 0 Å². The highest BCUT2D eigenvalue weighted by molar-refractivity contribution is 5.94. The SMILES string of the molecule is Cl.O=C(c1cccc(OC(F)(F)F)c1)N1CCC(NCC2CC2)CC1. The Kier molecular flexibility index (Phi) is 6.57. The number of hydrogen-bond acceptors (Lipinski definition) is 3. The lowest BCUT2D eigenvalue weighted by Crippen LogP contribution is -2.45. The van der Waals surface area contributed by atoms with Crippen molar-refractivity contribution in [3.63, 3.8) is 0 Å². The van der Waals surface area contributed by atoms with E-state index in [0.717, 1.165) is 31.4 Å². The summed E-state index contributed by atoms with van der Waals surface area (Å²) in [5, 5.41) is 3.53. The van der Waals surface area contributed by atoms with Crippen molar-refractivity contribution in [2.24, 2.45) is 5.92 Å². The van der Waals surface area contributed by atoms with Gasteiger partial charge in [-0.15, -0.1) is 25.6 Å². The molecule has 0 aromatic heterocycles. The lowest BCUT2D eigenvalue weighted by molar-refractivity contribution is -0.274. The number of carbonyl (C=O) groups excluding carboxylic acids is 1. The monoisotopic (exact) mass is 378 g/mol. The van der Waals surface area contributed by atoms with Gasteiger partial charge in [0.05, 0.1) is 0 Å². The number of nitrogens with one attached hydrogen (secondary N) is 1. The van der Waals surface area contributed by atoms with Gasteiger partial charge >= 0.3 is 6.36 Å². The van der Waals surface area contributed by atoms with Crippen LogP contribution in [0, 0.1) is 5.92 Å². The molecule has 25 heavy (non-hydrogen) atoms. The molecule has 0 bridgehead atoms. The van der Waals surface area contributed by atoms with E-state index in [9.17, 15) is 18.0 Å². The van der Waals surface area contributed by atoms with Crippen LogP contribution in [-0.2, 0) is 0 Å². The first-order chi connectivity index (χ1) is 11.4. The lowest BCUT2D eigenvalue weighted by Gasteiger charge is -2.32. The highest BCUT2D eigenvalue weighted by atomic mass is 35.5. The molecule has 2 fully saturated rings. The maximum Gasteiger partial charge on any atom is 0.573 e. The molecule has 0 unspecified atom stereocenters. The molecule has 2 aliphatic rings. The van der Waals surface area contributed by atoms with Crippen molar-refractivity contribution < 1.29 is 22.7 Å². The van der Waals surface area contributed by atoms with Crippen LogP contribution in [0.2, 0.25) is 0 Å². The molecule has 1 saturated heterocycles. The summed E-state index contributed by atoms with van der Waals surface area (Å²) in [5.41, 5.74) is 0.223. The fraction of sp³-hybridized carbons (Fsp3) is 0.588. The largest absolute Gasteiger partial charge is 0.573 e. The van der Waals surface area contributed by atoms with Crippen LogP contribution in [0.1, 0.15) is 36.0 Å². The Hall–Kier alpha value is -1.47. The second kappa shape index (κ2) is 8.27. The summed E-state index contributed by atoms with van der Waals surface area (Å²) in [6.07, 6.45) is -0.400. The molecule has 1 N–H and O–H groups in total. The zero-order valence-electron chi connectivity index (χ0n) is 13.7. The van der Waals surface area contributed by atoms with Crippen LogP contribution in [0.25, 0.3) is 0 Å². The van der Waals surface area contributed by atoms with E-state index < -0.39 is 6.36 Å². The van der Waals surface area contributed by atoms with Crippen molar-refractivity contribution >= 4 is 18.3 Å². The number of likely N-dealkylation sites (tertiary alicyclic amines) is 1. The van der Waals surface area contributed by atoms with E-state index in [4.69, 9.17) is 0 Å². The fourth-order valence-corrected chi connectivity index (χ4v) is 2.95. The minimum absolute atomic E-state index is 0. The standard InChI is InChI=1S/C17H21F3N2O2.ClH/c18-17(19,20)24-15-3-1-2-13(10-15)16(23)22-8-6-14(7-9-22)21-11-12-4-5-12;/h1-3,10,12,14,21H,4-9,11H2;1H. The molecule has 0 atom stereocenters. The molecule has 1 heterocycles. The zero-order valence-corrected chi connectivity index (χ0v) is 14.5. The van der Waals surface area contributed by atoms with Gasteiger partial charge in [0.1, 0.15) is 5.75 Å². The number of hydrogen-bond donors (Lipinski definition) is 1. The van der Waals surface area contributed by atoms with Gasteiger partial charge < -0.3 is 15.0 Å². The predicted molar refractivity (Wildman–Crippen MR) is 90.0 cm³/mol. The Bertz CT molecular complexity index is 586. The van der Waals surface area contributed by atoms with E-state index in [1.54, 1.807) is 4.90 Å². The second-order valence-electron chi connectivity index (χ2n) is 6.49. The normalized spacial score (nSPS) is 18.6. The Morgan fingerprint density at radius 2 is 1.88 bits per heavy atom. The number of piperidine rings is 1. The molecule has 1 aliphatic carbocycles. The average Bonchev–Trinajstić information content (AvgIpc) is 3.36. The number of benzene rings is 1. The number of carbonyl (C=O) groups is 1. The number of alkyl halides is 3. The first-order valence-corrected chi connectivity index (χ1v) is 8.29. The van der Waals surface area contributed by atoms with Gasteiger partial charge in [0.25, 0.3) is 5.91 Å². The van der Waals surface area contributed by atoms with Crippen LogP contribution in [-0.4, -0.2) is 42.8 Å². The molecule has 1 amide bonds. The smallest absolute Gasteiger partial charge is 0.406 e. The van der Waals surface area contributed by atoms with Crippen LogP contribution in [0.5, 0.6) is 5.75 Å². The van der Waals surface area contributed by atoms with Gasteiger partial charge in [0.2, 0.25) is 0 Å². The van der Waals surface area contributed by atoms with Crippen molar-refractivity contribution in [1.29, 1.82) is 0 Å². The summed E-state index contributed by atoms with van der Waals surface area (Å²) in [4.78, 5) is 14.2. The number of nitrogens with zero attached hydrogens (tertiary/aromatic N) is 1. The van der Waals surface area contributed by atoms with Crippen LogP contribution in [0.15, 0.2) is 24.3 Å². The molecule has 0 radical (unpaired) electrons. The molecule has 4 nitrogen and oxygen atoms in total. The van der Waals surface area contributed by atoms with E-state index in [0.29, 0.717) is 19.1 Å². The molecule has 0 spiro atoms. The van der Waals surface area contributed by atoms with Crippen molar-refractivity contribution in [3.05, 3.63) is 29.8 Å². The third-order valence-corrected chi connectivity index (χ3v) is 4.49. The topological polar surface area (TPSA) is 41.6 Å². The van der Waals surface area contributed by atoms with Crippen molar-refractivity contribution in [3.8, 4) is 5.75 Å². The first-order valence-electron chi connectivity index (χ1n) is 8.29. The van der Waals surface area contributed by atoms with Gasteiger partial charge in [0.15, 0.2) is 0 Å². The van der Waals surface area contributed by atoms with Crippen molar-refractivity contribution in [2.45, 2.75) is 38.1 Å². The van der Waals surface area contributed by atoms with Crippen molar-refractivity contribution in [1.82, 2.24) is 10.2 Å². The summed E-state index contributed by atoms with van der Waals surface area (Å²) in [6, 6.07) is 5.68. The third-order valence-electron chi connectivity index (χ3n) is 4.49. The van der Waals surface area contributed by atoms with E-state index in [2.05, 4.69) is 10.1 Å². The summed E-state index contributed by atoms with van der Waals surface area (Å²) in [7, 11) is 0. The van der Waals surface area contributed by atoms with Crippen LogP contribution >= 0.6 is 12.4 Å². The maximum atomic E-state index is 12.5. The quantitative estimate of drug-likeness (QED) is 0.851. The molecular formula is C17H22ClF3N2O2. The highest BCUT2D eigenvalue weighted by Gasteiger charge is 2.31. The van der Waals surface area contributed by atoms with E-state index in [1.807, 2.05) is 0 Å². The Morgan fingerprint density at radius 3 is 2.48 bits per heavy atom. The maximum absolute atomic E-state index is 12.5. The summed E-state index contributed by atoms with van der Waals surface area (Å²) in [5.74, 6) is 0.207. The van der Waals surface area contributed by atoms with E-state index in [1.165, 1.54) is 31.0 Å². The number of rotatable bonds is 5. The fourth-order valence-electron chi connectivity index (χ4n) is 2.95. The Labute approximate surface area is 151 Å². The first kappa shape index (κ1) is 19.8. The van der Waals surface area contributed by atoms with Gasteiger partial charge in [-0.05, 0) is 56.3 Å². The van der Waals surface area contributed by atoms with Crippen molar-refractivity contribution in [2.75, 3.05) is 19.6 Å². The van der Waals surface area contributed by atoms with Gasteiger partial charge in [0, 0.05) is 24.7 Å². The molecule has 140 valence electrons. The third kappa shape index (κ3) is 6.08. The molecule has 1 saturated carbocycles. The molecular weight excluding hydrogens is 357 g/mol. The summed E-state index contributed by atoms with van der Waals surface area (Å²) in [6.45, 7) is 2.28. The summed E-state index contributed by atoms with van der Waals surface area (Å²) < 4.78 is 40.7. The van der Waals surface area contributed by atoms with E-state index in [-0.39, 0.29) is 29.6 Å². The minimum Gasteiger partial charge on any atom is -0.406 e. The number of amides is 1. The minimum atomic E-state index is -4.76. The predicted octanol–water partition coefficient (Wildman–Crippen LogP) is 3.61. The van der Waals surface area contributed by atoms with E-state index >= 15 is 0 Å². The van der Waals surface area contributed by atoms with Crippen LogP contribution in [0.4, 0.5) is 13.2 Å². The number of halogens is 4. The summed E-state index contributed by atoms with van der Waals surface area (Å²) >= 11 is 0. The van der Waals surface area contributed by atoms with Gasteiger partial charge in [-0.2, -0.15) is 0 Å². The lowest BCUT2D eigenvalue weighted by atomic mass is 10.0. The van der Waals surface area contributed by atoms with Crippen LogP contribution < -0.4 is 10.1 Å². The van der Waals surface area contributed by atoms with Gasteiger partial charge in [-0.3, -0.25) is 4.79 Å². The number of ether oxygens (including phenoxy) is 1. The average molecular weight is 379 g/mol. The Morgan fingerprint density at radius 1 is 1.20 bits per heavy atom. The molecule has 1 aromatic rings. The molecule has 1 aliphatic heterocycles. The molecule has 3 rings (SSSR count).